The van der Waals surface area contributed by atoms with Crippen LogP contribution in [0.3, 0.4) is 0 Å². The first kappa shape index (κ1) is 21.4. The van der Waals surface area contributed by atoms with Gasteiger partial charge in [0.25, 0.3) is 0 Å². The number of amides is 1. The molecule has 28 heavy (non-hydrogen) atoms. The molecule has 4 N–H and O–H groups in total. The number of anilines is 3. The van der Waals surface area contributed by atoms with E-state index in [1.807, 2.05) is 42.5 Å². The van der Waals surface area contributed by atoms with Crippen LogP contribution in [0.25, 0.3) is 0 Å². The van der Waals surface area contributed by atoms with Crippen LogP contribution in [0.1, 0.15) is 39.0 Å². The first-order chi connectivity index (χ1) is 13.6. The van der Waals surface area contributed by atoms with Gasteiger partial charge in [0.1, 0.15) is 6.04 Å². The largest absolute Gasteiger partial charge is 0.544 e. The standard InChI is InChI=1S/C22H29N3O3/c1-2-3-4-8-15-23-20(22(27)28)16-21(26)25-19-13-11-18(12-14-19)24-17-9-6-5-7-10-17/h5-7,9-14,20,23-24H,2-4,8,15-16H2,1H3,(H,25,26)(H,27,28)/t20-/m0/s1. The topological polar surface area (TPSA) is 97.9 Å². The van der Waals surface area contributed by atoms with Gasteiger partial charge >= 0.3 is 0 Å². The van der Waals surface area contributed by atoms with Crippen LogP contribution >= 0.6 is 0 Å². The first-order valence-corrected chi connectivity index (χ1v) is 9.84. The molecule has 0 fully saturated rings. The molecular weight excluding hydrogens is 354 g/mol. The predicted octanol–water partition coefficient (Wildman–Crippen LogP) is 2.02. The van der Waals surface area contributed by atoms with E-state index in [2.05, 4.69) is 17.6 Å². The SMILES string of the molecule is CCCCCC[NH2+][C@@H](CC(=O)Nc1ccc(Nc2ccccc2)cc1)C(=O)[O-]. The van der Waals surface area contributed by atoms with Crippen LogP contribution in [0.5, 0.6) is 0 Å². The second-order valence-corrected chi connectivity index (χ2v) is 6.83. The van der Waals surface area contributed by atoms with Gasteiger partial charge in [0.15, 0.2) is 0 Å². The zero-order chi connectivity index (χ0) is 20.2. The Kier molecular flexibility index (Phi) is 9.01. The molecular formula is C22H29N3O3. The number of nitrogens with two attached hydrogens (primary N) is 1. The Hall–Kier alpha value is -2.86. The molecule has 2 aromatic rings. The van der Waals surface area contributed by atoms with Crippen LogP contribution in [0, 0.1) is 0 Å². The number of nitrogens with one attached hydrogen (secondary N) is 2. The molecule has 6 heteroatoms. The molecule has 2 aromatic carbocycles. The molecule has 0 aliphatic carbocycles. The molecule has 1 amide bonds. The van der Waals surface area contributed by atoms with Crippen molar-refractivity contribution in [2.75, 3.05) is 17.2 Å². The molecule has 1 atom stereocenters. The maximum atomic E-state index is 12.2. The minimum atomic E-state index is -1.20. The number of carbonyl (C=O) groups excluding carboxylic acids is 2. The molecule has 6 nitrogen and oxygen atoms in total. The van der Waals surface area contributed by atoms with E-state index in [0.717, 1.165) is 37.1 Å². The summed E-state index contributed by atoms with van der Waals surface area (Å²) in [6, 6.07) is 16.2. The number of unbranched alkanes of at least 4 members (excludes halogenated alkanes) is 3. The zero-order valence-electron chi connectivity index (χ0n) is 16.3. The number of hydrogen-bond donors (Lipinski definition) is 3. The van der Waals surface area contributed by atoms with Crippen molar-refractivity contribution in [1.29, 1.82) is 0 Å². The van der Waals surface area contributed by atoms with Crippen molar-refractivity contribution in [2.45, 2.75) is 45.1 Å². The van der Waals surface area contributed by atoms with Crippen molar-refractivity contribution < 1.29 is 20.0 Å². The van der Waals surface area contributed by atoms with E-state index in [0.29, 0.717) is 12.2 Å². The predicted molar refractivity (Wildman–Crippen MR) is 109 cm³/mol. The summed E-state index contributed by atoms with van der Waals surface area (Å²) in [4.78, 5) is 23.5. The lowest BCUT2D eigenvalue weighted by Gasteiger charge is -2.16. The number of quaternary nitrogens is 1. The minimum absolute atomic E-state index is 0.111. The summed E-state index contributed by atoms with van der Waals surface area (Å²) in [6.45, 7) is 2.81. The smallest absolute Gasteiger partial charge is 0.230 e. The first-order valence-electron chi connectivity index (χ1n) is 9.84. The van der Waals surface area contributed by atoms with Gasteiger partial charge < -0.3 is 25.9 Å². The van der Waals surface area contributed by atoms with E-state index in [1.54, 1.807) is 17.4 Å². The second kappa shape index (κ2) is 11.8. The number of aliphatic carboxylic acids is 1. The van der Waals surface area contributed by atoms with Gasteiger partial charge in [-0.15, -0.1) is 0 Å². The van der Waals surface area contributed by atoms with Gasteiger partial charge in [0.05, 0.1) is 18.9 Å². The summed E-state index contributed by atoms with van der Waals surface area (Å²) in [5, 5.41) is 19.0. The van der Waals surface area contributed by atoms with E-state index in [1.165, 1.54) is 0 Å². The summed E-state index contributed by atoms with van der Waals surface area (Å²) in [6.07, 6.45) is 4.17. The summed E-state index contributed by atoms with van der Waals surface area (Å²) < 4.78 is 0. The van der Waals surface area contributed by atoms with Crippen molar-refractivity contribution in [1.82, 2.24) is 0 Å². The third kappa shape index (κ3) is 7.80. The van der Waals surface area contributed by atoms with E-state index < -0.39 is 12.0 Å². The van der Waals surface area contributed by atoms with Gasteiger partial charge in [-0.2, -0.15) is 0 Å². The van der Waals surface area contributed by atoms with Crippen molar-refractivity contribution in [3.05, 3.63) is 54.6 Å². The van der Waals surface area contributed by atoms with Crippen molar-refractivity contribution in [3.63, 3.8) is 0 Å². The Morgan fingerprint density at radius 2 is 1.57 bits per heavy atom. The van der Waals surface area contributed by atoms with Gasteiger partial charge in [-0.3, -0.25) is 4.79 Å². The Labute approximate surface area is 166 Å². The van der Waals surface area contributed by atoms with Crippen LogP contribution in [-0.4, -0.2) is 24.5 Å². The Balaban J connectivity index is 1.81. The van der Waals surface area contributed by atoms with Gasteiger partial charge in [-0.1, -0.05) is 38.0 Å². The maximum absolute atomic E-state index is 12.2. The van der Waals surface area contributed by atoms with Crippen LogP contribution in [-0.2, 0) is 9.59 Å². The average Bonchev–Trinajstić information content (AvgIpc) is 2.69. The molecule has 0 saturated carbocycles. The zero-order valence-corrected chi connectivity index (χ0v) is 16.3. The van der Waals surface area contributed by atoms with Crippen LogP contribution in [0.4, 0.5) is 17.1 Å². The maximum Gasteiger partial charge on any atom is 0.230 e. The second-order valence-electron chi connectivity index (χ2n) is 6.83. The molecule has 0 unspecified atom stereocenters. The molecule has 0 aromatic heterocycles. The van der Waals surface area contributed by atoms with E-state index in [9.17, 15) is 14.7 Å². The Morgan fingerprint density at radius 3 is 2.21 bits per heavy atom. The van der Waals surface area contributed by atoms with Gasteiger partial charge in [0, 0.05) is 17.1 Å². The summed E-state index contributed by atoms with van der Waals surface area (Å²) in [7, 11) is 0. The fourth-order valence-electron chi connectivity index (χ4n) is 2.89. The number of para-hydroxylation sites is 1. The van der Waals surface area contributed by atoms with Crippen molar-refractivity contribution in [2.24, 2.45) is 0 Å². The van der Waals surface area contributed by atoms with E-state index in [-0.39, 0.29) is 12.3 Å². The summed E-state index contributed by atoms with van der Waals surface area (Å²) in [5.41, 5.74) is 2.51. The van der Waals surface area contributed by atoms with Crippen LogP contribution in [0.15, 0.2) is 54.6 Å². The third-order valence-electron chi connectivity index (χ3n) is 4.45. The molecule has 0 aliphatic heterocycles. The Morgan fingerprint density at radius 1 is 0.929 bits per heavy atom. The average molecular weight is 383 g/mol. The number of rotatable bonds is 12. The van der Waals surface area contributed by atoms with E-state index in [4.69, 9.17) is 0 Å². The lowest BCUT2D eigenvalue weighted by Crippen LogP contribution is -2.93. The van der Waals surface area contributed by atoms with Gasteiger partial charge in [-0.05, 0) is 49.2 Å². The number of benzene rings is 2. The third-order valence-corrected chi connectivity index (χ3v) is 4.45. The highest BCUT2D eigenvalue weighted by atomic mass is 16.4. The number of hydrogen-bond acceptors (Lipinski definition) is 4. The van der Waals surface area contributed by atoms with Gasteiger partial charge in [-0.25, -0.2) is 0 Å². The lowest BCUT2D eigenvalue weighted by atomic mass is 10.1. The van der Waals surface area contributed by atoms with Gasteiger partial charge in [0.2, 0.25) is 5.91 Å². The highest BCUT2D eigenvalue weighted by Gasteiger charge is 2.18. The number of carbonyl (C=O) groups is 2. The quantitative estimate of drug-likeness (QED) is 0.489. The van der Waals surface area contributed by atoms with Crippen LogP contribution < -0.4 is 21.1 Å². The molecule has 0 heterocycles. The normalized spacial score (nSPS) is 11.6. The monoisotopic (exact) mass is 383 g/mol. The van der Waals surface area contributed by atoms with Crippen LogP contribution in [0.2, 0.25) is 0 Å². The number of carboxylic acids is 1. The lowest BCUT2D eigenvalue weighted by molar-refractivity contribution is -0.682. The molecule has 2 rings (SSSR count). The fourth-order valence-corrected chi connectivity index (χ4v) is 2.89. The van der Waals surface area contributed by atoms with E-state index >= 15 is 0 Å². The fraction of sp³-hybridized carbons (Fsp3) is 0.364. The summed E-state index contributed by atoms with van der Waals surface area (Å²) >= 11 is 0. The Bertz CT molecular complexity index is 732. The molecule has 150 valence electrons. The molecule has 0 aliphatic rings. The number of carboxylic acid groups (broad SMARTS) is 1. The molecule has 0 bridgehead atoms. The highest BCUT2D eigenvalue weighted by Crippen LogP contribution is 2.18. The molecule has 0 radical (unpaired) electrons. The highest BCUT2D eigenvalue weighted by molar-refractivity contribution is 5.93. The minimum Gasteiger partial charge on any atom is -0.544 e. The summed E-state index contributed by atoms with van der Waals surface area (Å²) in [5.74, 6) is -1.53. The molecule has 0 saturated heterocycles. The molecule has 0 spiro atoms. The van der Waals surface area contributed by atoms with Crippen molar-refractivity contribution >= 4 is 28.9 Å². The van der Waals surface area contributed by atoms with Crippen molar-refractivity contribution in [3.8, 4) is 0 Å².